The lowest BCUT2D eigenvalue weighted by molar-refractivity contribution is -0.118. The van der Waals surface area contributed by atoms with Crippen molar-refractivity contribution >= 4 is 5.91 Å². The van der Waals surface area contributed by atoms with E-state index in [9.17, 15) is 9.18 Å². The molecule has 1 aromatic carbocycles. The molecule has 0 heterocycles. The summed E-state index contributed by atoms with van der Waals surface area (Å²) in [6, 6.07) is 6.26. The number of hydrogen-bond donors (Lipinski definition) is 1. The van der Waals surface area contributed by atoms with Gasteiger partial charge >= 0.3 is 0 Å². The van der Waals surface area contributed by atoms with Crippen LogP contribution < -0.4 is 5.32 Å². The molecule has 72 valence electrons. The van der Waals surface area contributed by atoms with Gasteiger partial charge in [-0.2, -0.15) is 0 Å². The van der Waals surface area contributed by atoms with Gasteiger partial charge in [0, 0.05) is 6.92 Å². The molecule has 1 N–H and O–H groups in total. The number of carbonyl (C=O) groups excluding carboxylic acids is 1. The highest BCUT2D eigenvalue weighted by molar-refractivity contribution is 5.73. The molecule has 0 aliphatic carbocycles. The zero-order valence-corrected chi connectivity index (χ0v) is 7.80. The first-order chi connectivity index (χ1) is 6.70. The third-order valence-electron chi connectivity index (χ3n) is 1.52. The molecule has 0 bridgehead atoms. The van der Waals surface area contributed by atoms with Crippen LogP contribution in [0.3, 0.4) is 0 Å². The lowest BCUT2D eigenvalue weighted by Crippen LogP contribution is -2.19. The van der Waals surface area contributed by atoms with Crippen LogP contribution in [0.1, 0.15) is 12.5 Å². The van der Waals surface area contributed by atoms with Crippen molar-refractivity contribution in [2.45, 2.75) is 6.92 Å². The molecule has 3 heteroatoms. The summed E-state index contributed by atoms with van der Waals surface area (Å²) >= 11 is 0. The van der Waals surface area contributed by atoms with Gasteiger partial charge in [-0.1, -0.05) is 24.0 Å². The maximum Gasteiger partial charge on any atom is 0.217 e. The molecule has 0 aliphatic rings. The fourth-order valence-corrected chi connectivity index (χ4v) is 0.871. The monoisotopic (exact) mass is 191 g/mol. The second kappa shape index (κ2) is 5.03. The van der Waals surface area contributed by atoms with Gasteiger partial charge in [0.2, 0.25) is 5.91 Å². The number of amides is 1. The normalized spacial score (nSPS) is 8.71. The van der Waals surface area contributed by atoms with Crippen molar-refractivity contribution in [3.8, 4) is 11.8 Å². The minimum atomic E-state index is -0.345. The molecule has 0 saturated heterocycles. The average molecular weight is 191 g/mol. The van der Waals surface area contributed by atoms with Crippen molar-refractivity contribution in [2.24, 2.45) is 0 Å². The second-order valence-corrected chi connectivity index (χ2v) is 2.69. The maximum absolute atomic E-state index is 13.0. The predicted octanol–water partition coefficient (Wildman–Crippen LogP) is 1.31. The number of rotatable bonds is 1. The van der Waals surface area contributed by atoms with E-state index in [0.717, 1.165) is 0 Å². The molecule has 1 aromatic rings. The Bertz CT molecular complexity index is 390. The Balaban J connectivity index is 2.59. The zero-order valence-electron chi connectivity index (χ0n) is 7.80. The zero-order chi connectivity index (χ0) is 10.4. The summed E-state index contributed by atoms with van der Waals surface area (Å²) in [7, 11) is 0. The molecule has 1 amide bonds. The molecule has 1 rings (SSSR count). The van der Waals surface area contributed by atoms with E-state index in [1.54, 1.807) is 18.2 Å². The van der Waals surface area contributed by atoms with Crippen molar-refractivity contribution < 1.29 is 9.18 Å². The van der Waals surface area contributed by atoms with E-state index >= 15 is 0 Å². The molecule has 0 radical (unpaired) electrons. The van der Waals surface area contributed by atoms with Gasteiger partial charge in [0.15, 0.2) is 0 Å². The van der Waals surface area contributed by atoms with E-state index in [4.69, 9.17) is 0 Å². The van der Waals surface area contributed by atoms with Crippen LogP contribution in [0.2, 0.25) is 0 Å². The summed E-state index contributed by atoms with van der Waals surface area (Å²) in [5.74, 6) is 4.79. The molecular formula is C11H10FNO. The van der Waals surface area contributed by atoms with Crippen LogP contribution in [0.15, 0.2) is 24.3 Å². The molecule has 0 fully saturated rings. The van der Waals surface area contributed by atoms with Crippen molar-refractivity contribution in [3.63, 3.8) is 0 Å². The quantitative estimate of drug-likeness (QED) is 0.666. The van der Waals surface area contributed by atoms with E-state index in [1.165, 1.54) is 13.0 Å². The lowest BCUT2D eigenvalue weighted by Gasteiger charge is -1.93. The Kier molecular flexibility index (Phi) is 3.69. The Morgan fingerprint density at radius 2 is 2.21 bits per heavy atom. The van der Waals surface area contributed by atoms with Gasteiger partial charge in [0.1, 0.15) is 5.82 Å². The molecule has 0 aliphatic heterocycles. The molecule has 0 saturated carbocycles. The minimum Gasteiger partial charge on any atom is -0.345 e. The molecule has 0 spiro atoms. The largest absolute Gasteiger partial charge is 0.345 e. The van der Waals surface area contributed by atoms with Crippen molar-refractivity contribution in [2.75, 3.05) is 6.54 Å². The highest BCUT2D eigenvalue weighted by Gasteiger charge is 1.94. The lowest BCUT2D eigenvalue weighted by atomic mass is 10.2. The van der Waals surface area contributed by atoms with Crippen LogP contribution in [-0.2, 0) is 4.79 Å². The number of carbonyl (C=O) groups is 1. The second-order valence-electron chi connectivity index (χ2n) is 2.69. The number of halogens is 1. The Morgan fingerprint density at radius 3 is 2.86 bits per heavy atom. The van der Waals surface area contributed by atoms with Crippen molar-refractivity contribution in [3.05, 3.63) is 35.6 Å². The highest BCUT2D eigenvalue weighted by atomic mass is 19.1. The van der Waals surface area contributed by atoms with Crippen LogP contribution in [-0.4, -0.2) is 12.5 Å². The molecule has 0 unspecified atom stereocenters. The third kappa shape index (κ3) is 3.28. The van der Waals surface area contributed by atoms with Crippen LogP contribution in [0.25, 0.3) is 0 Å². The maximum atomic E-state index is 13.0. The molecular weight excluding hydrogens is 181 g/mol. The third-order valence-corrected chi connectivity index (χ3v) is 1.52. The molecule has 2 nitrogen and oxygen atoms in total. The van der Waals surface area contributed by atoms with Crippen LogP contribution in [0.4, 0.5) is 4.39 Å². The van der Waals surface area contributed by atoms with Crippen LogP contribution in [0.5, 0.6) is 0 Å². The Hall–Kier alpha value is -1.82. The number of benzene rings is 1. The molecule has 0 atom stereocenters. The van der Waals surface area contributed by atoms with E-state index in [-0.39, 0.29) is 18.3 Å². The summed E-state index contributed by atoms with van der Waals surface area (Å²) in [6.45, 7) is 1.65. The van der Waals surface area contributed by atoms with Crippen molar-refractivity contribution in [1.82, 2.24) is 5.32 Å². The van der Waals surface area contributed by atoms with Crippen molar-refractivity contribution in [1.29, 1.82) is 0 Å². The summed E-state index contributed by atoms with van der Waals surface area (Å²) in [6.07, 6.45) is 0. The summed E-state index contributed by atoms with van der Waals surface area (Å²) in [5.41, 5.74) is 0.345. The smallest absolute Gasteiger partial charge is 0.217 e. The molecule has 14 heavy (non-hydrogen) atoms. The van der Waals surface area contributed by atoms with Gasteiger partial charge < -0.3 is 5.32 Å². The first-order valence-corrected chi connectivity index (χ1v) is 4.18. The van der Waals surface area contributed by atoms with Gasteiger partial charge in [0.25, 0.3) is 0 Å². The van der Waals surface area contributed by atoms with Gasteiger partial charge in [-0.3, -0.25) is 4.79 Å². The number of hydrogen-bond acceptors (Lipinski definition) is 1. The van der Waals surface area contributed by atoms with Crippen LogP contribution in [0, 0.1) is 17.7 Å². The minimum absolute atomic E-state index is 0.146. The summed E-state index contributed by atoms with van der Waals surface area (Å²) in [4.78, 5) is 10.5. The highest BCUT2D eigenvalue weighted by Crippen LogP contribution is 2.03. The molecule has 0 aromatic heterocycles. The number of nitrogens with one attached hydrogen (secondary N) is 1. The Morgan fingerprint density at radius 1 is 1.50 bits per heavy atom. The van der Waals surface area contributed by atoms with E-state index in [1.807, 2.05) is 0 Å². The topological polar surface area (TPSA) is 29.1 Å². The van der Waals surface area contributed by atoms with Gasteiger partial charge in [-0.25, -0.2) is 4.39 Å². The van der Waals surface area contributed by atoms with E-state index in [2.05, 4.69) is 17.2 Å². The first-order valence-electron chi connectivity index (χ1n) is 4.18. The van der Waals surface area contributed by atoms with Crippen LogP contribution >= 0.6 is 0 Å². The van der Waals surface area contributed by atoms with Gasteiger partial charge in [-0.15, -0.1) is 0 Å². The summed E-state index contributed by atoms with van der Waals surface area (Å²) < 4.78 is 13.0. The van der Waals surface area contributed by atoms with E-state index in [0.29, 0.717) is 5.56 Å². The van der Waals surface area contributed by atoms with Gasteiger partial charge in [-0.05, 0) is 12.1 Å². The Labute approximate surface area is 82.1 Å². The van der Waals surface area contributed by atoms with E-state index < -0.39 is 0 Å². The first kappa shape index (κ1) is 10.3. The predicted molar refractivity (Wildman–Crippen MR) is 52.0 cm³/mol. The van der Waals surface area contributed by atoms with Gasteiger partial charge in [0.05, 0.1) is 12.1 Å². The summed E-state index contributed by atoms with van der Waals surface area (Å²) in [5, 5.41) is 2.50. The SMILES string of the molecule is CC(=O)NCC#Cc1ccccc1F. The fourth-order valence-electron chi connectivity index (χ4n) is 0.871. The fraction of sp³-hybridized carbons (Fsp3) is 0.182. The standard InChI is InChI=1S/C11H10FNO/c1-9(14)13-8-4-6-10-5-2-3-7-11(10)12/h2-3,5,7H,8H2,1H3,(H,13,14). The average Bonchev–Trinajstić information content (AvgIpc) is 2.15.